The Balaban J connectivity index is 1.56. The molecule has 150 valence electrons. The minimum absolute atomic E-state index is 0.124. The summed E-state index contributed by atoms with van der Waals surface area (Å²) >= 11 is 1.34. The highest BCUT2D eigenvalue weighted by atomic mass is 32.2. The molecule has 0 radical (unpaired) electrons. The first kappa shape index (κ1) is 19.1. The minimum atomic E-state index is -1.16. The van der Waals surface area contributed by atoms with Crippen LogP contribution in [0.4, 0.5) is 16.2 Å². The Bertz CT molecular complexity index is 995. The molecule has 3 heterocycles. The summed E-state index contributed by atoms with van der Waals surface area (Å²) in [5.41, 5.74) is 14.7. The van der Waals surface area contributed by atoms with Crippen molar-refractivity contribution in [3.05, 3.63) is 65.0 Å². The van der Waals surface area contributed by atoms with Gasteiger partial charge in [0.05, 0.1) is 18.4 Å². The fourth-order valence-electron chi connectivity index (χ4n) is 3.61. The molecule has 5 N–H and O–H groups in total. The van der Waals surface area contributed by atoms with Crippen molar-refractivity contribution in [2.24, 2.45) is 5.73 Å². The molecule has 0 bridgehead atoms. The molecule has 29 heavy (non-hydrogen) atoms. The highest BCUT2D eigenvalue weighted by Gasteiger charge is 2.48. The quantitative estimate of drug-likeness (QED) is 0.665. The summed E-state index contributed by atoms with van der Waals surface area (Å²) in [5, 5.41) is 3.31. The number of aromatic nitrogens is 1. The van der Waals surface area contributed by atoms with Crippen LogP contribution in [0.1, 0.15) is 12.0 Å². The molecule has 2 aliphatic heterocycles. The van der Waals surface area contributed by atoms with E-state index in [4.69, 9.17) is 11.5 Å². The van der Waals surface area contributed by atoms with E-state index < -0.39 is 10.8 Å². The third-order valence-corrected chi connectivity index (χ3v) is 6.63. The third kappa shape index (κ3) is 3.27. The molecule has 0 fully saturated rings. The first-order valence-corrected chi connectivity index (χ1v) is 10.0. The molecule has 1 unspecified atom stereocenters. The second kappa shape index (κ2) is 7.32. The first-order chi connectivity index (χ1) is 13.9. The van der Waals surface area contributed by atoms with Crippen LogP contribution in [-0.4, -0.2) is 42.0 Å². The van der Waals surface area contributed by atoms with Gasteiger partial charge in [-0.05, 0) is 18.2 Å². The zero-order chi connectivity index (χ0) is 20.6. The Morgan fingerprint density at radius 3 is 2.76 bits per heavy atom. The molecule has 8 nitrogen and oxygen atoms in total. The van der Waals surface area contributed by atoms with Gasteiger partial charge in [0, 0.05) is 48.1 Å². The van der Waals surface area contributed by atoms with Crippen molar-refractivity contribution >= 4 is 35.1 Å². The average Bonchev–Trinajstić information content (AvgIpc) is 3.13. The lowest BCUT2D eigenvalue weighted by atomic mass is 10.0. The topological polar surface area (TPSA) is 118 Å². The number of nitrogens with two attached hydrogens (primary N) is 2. The van der Waals surface area contributed by atoms with E-state index in [2.05, 4.69) is 10.3 Å². The fraction of sp³-hybridized carbons (Fsp3) is 0.250. The van der Waals surface area contributed by atoms with Crippen LogP contribution in [0.2, 0.25) is 0 Å². The van der Waals surface area contributed by atoms with Crippen molar-refractivity contribution in [3.8, 4) is 0 Å². The lowest BCUT2D eigenvalue weighted by molar-refractivity contribution is -0.121. The second-order valence-electron chi connectivity index (χ2n) is 6.99. The molecule has 0 spiro atoms. The van der Waals surface area contributed by atoms with Crippen molar-refractivity contribution in [1.29, 1.82) is 0 Å². The van der Waals surface area contributed by atoms with Gasteiger partial charge in [0.15, 0.2) is 4.87 Å². The molecule has 2 aliphatic rings. The molecule has 0 saturated carbocycles. The molecule has 4 rings (SSSR count). The van der Waals surface area contributed by atoms with Crippen LogP contribution in [0.3, 0.4) is 0 Å². The van der Waals surface area contributed by atoms with E-state index in [0.717, 1.165) is 16.3 Å². The molecule has 1 aromatic heterocycles. The molecule has 2 aromatic rings. The van der Waals surface area contributed by atoms with Crippen molar-refractivity contribution in [2.75, 3.05) is 30.8 Å². The fourth-order valence-corrected chi connectivity index (χ4v) is 5.04. The number of nitrogen functional groups attached to an aromatic ring is 1. The second-order valence-corrected chi connectivity index (χ2v) is 8.30. The number of pyridine rings is 1. The molecule has 1 atom stereocenters. The van der Waals surface area contributed by atoms with Crippen LogP contribution < -0.4 is 21.7 Å². The number of rotatable bonds is 3. The van der Waals surface area contributed by atoms with Crippen molar-refractivity contribution in [1.82, 2.24) is 15.2 Å². The molecular formula is C20H22N6O2S. The summed E-state index contributed by atoms with van der Waals surface area (Å²) in [6.45, 7) is 0.938. The van der Waals surface area contributed by atoms with Crippen molar-refractivity contribution < 1.29 is 9.59 Å². The number of carbonyl (C=O) groups is 2. The molecule has 1 aromatic carbocycles. The van der Waals surface area contributed by atoms with Crippen LogP contribution in [0.25, 0.3) is 0 Å². The number of carbonyl (C=O) groups excluding carboxylic acids is 2. The summed E-state index contributed by atoms with van der Waals surface area (Å²) in [5.74, 6) is -0.514. The maximum Gasteiger partial charge on any atom is 0.324 e. The molecular weight excluding hydrogens is 388 g/mol. The Kier molecular flexibility index (Phi) is 4.83. The van der Waals surface area contributed by atoms with Crippen LogP contribution in [0, 0.1) is 0 Å². The van der Waals surface area contributed by atoms with E-state index in [1.54, 1.807) is 47.4 Å². The maximum atomic E-state index is 13.0. The number of nitrogens with zero attached hydrogens (tertiary/aromatic N) is 3. The van der Waals surface area contributed by atoms with E-state index >= 15 is 0 Å². The van der Waals surface area contributed by atoms with E-state index in [-0.39, 0.29) is 6.03 Å². The third-order valence-electron chi connectivity index (χ3n) is 5.18. The van der Waals surface area contributed by atoms with Crippen molar-refractivity contribution in [2.45, 2.75) is 11.3 Å². The van der Waals surface area contributed by atoms with E-state index in [9.17, 15) is 9.59 Å². The SMILES string of the molecule is CN(C(=O)N1CCC2=C(C1)SC(C(N)=O)(c1ccccc1N)N2)c1cccnc1. The Hall–Kier alpha value is -3.20. The van der Waals surface area contributed by atoms with Crippen LogP contribution in [-0.2, 0) is 9.67 Å². The van der Waals surface area contributed by atoms with Crippen LogP contribution in [0.15, 0.2) is 59.4 Å². The number of primary amides is 1. The number of hydrogen-bond donors (Lipinski definition) is 3. The predicted molar refractivity (Wildman–Crippen MR) is 114 cm³/mol. The van der Waals surface area contributed by atoms with E-state index in [1.807, 2.05) is 18.2 Å². The van der Waals surface area contributed by atoms with Gasteiger partial charge >= 0.3 is 6.03 Å². The number of thioether (sulfide) groups is 1. The zero-order valence-electron chi connectivity index (χ0n) is 16.0. The summed E-state index contributed by atoms with van der Waals surface area (Å²) in [4.78, 5) is 32.6. The number of urea groups is 1. The number of anilines is 2. The van der Waals surface area contributed by atoms with Crippen LogP contribution >= 0.6 is 11.8 Å². The van der Waals surface area contributed by atoms with Gasteiger partial charge in [-0.3, -0.25) is 14.7 Å². The summed E-state index contributed by atoms with van der Waals surface area (Å²) in [7, 11) is 1.72. The van der Waals surface area contributed by atoms with Gasteiger partial charge in [0.25, 0.3) is 5.91 Å². The summed E-state index contributed by atoms with van der Waals surface area (Å²) in [6, 6.07) is 10.7. The molecule has 9 heteroatoms. The standard InChI is InChI=1S/C20H22N6O2S/c1-25(13-5-4-9-23-11-13)19(28)26-10-8-16-17(12-26)29-20(24-16,18(22)27)14-6-2-3-7-15(14)21/h2-7,9,11,24H,8,10,12,21H2,1H3,(H2,22,27). The molecule has 0 saturated heterocycles. The maximum absolute atomic E-state index is 13.0. The van der Waals surface area contributed by atoms with Gasteiger partial charge in [0.2, 0.25) is 0 Å². The lowest BCUT2D eigenvalue weighted by Crippen LogP contribution is -2.48. The van der Waals surface area contributed by atoms with Gasteiger partial charge in [-0.25, -0.2) is 4.79 Å². The summed E-state index contributed by atoms with van der Waals surface area (Å²) in [6.07, 6.45) is 3.92. The molecule has 0 aliphatic carbocycles. The Morgan fingerprint density at radius 1 is 1.28 bits per heavy atom. The predicted octanol–water partition coefficient (Wildman–Crippen LogP) is 1.81. The van der Waals surface area contributed by atoms with Gasteiger partial charge < -0.3 is 21.7 Å². The van der Waals surface area contributed by atoms with E-state index in [1.165, 1.54) is 11.8 Å². The van der Waals surface area contributed by atoms with Gasteiger partial charge in [-0.2, -0.15) is 0 Å². The highest BCUT2D eigenvalue weighted by molar-refractivity contribution is 8.05. The Labute approximate surface area is 172 Å². The minimum Gasteiger partial charge on any atom is -0.398 e. The average molecular weight is 411 g/mol. The highest BCUT2D eigenvalue weighted by Crippen LogP contribution is 2.49. The van der Waals surface area contributed by atoms with Crippen LogP contribution in [0.5, 0.6) is 0 Å². The lowest BCUT2D eigenvalue weighted by Gasteiger charge is -2.31. The molecule has 3 amide bonds. The summed E-state index contributed by atoms with van der Waals surface area (Å²) < 4.78 is 0. The van der Waals surface area contributed by atoms with Crippen molar-refractivity contribution in [3.63, 3.8) is 0 Å². The monoisotopic (exact) mass is 410 g/mol. The number of para-hydroxylation sites is 1. The van der Waals surface area contributed by atoms with Gasteiger partial charge in [0.1, 0.15) is 0 Å². The Morgan fingerprint density at radius 2 is 2.07 bits per heavy atom. The van der Waals surface area contributed by atoms with Gasteiger partial charge in [-0.1, -0.05) is 30.0 Å². The first-order valence-electron chi connectivity index (χ1n) is 9.19. The van der Waals surface area contributed by atoms with Gasteiger partial charge in [-0.15, -0.1) is 0 Å². The normalized spacial score (nSPS) is 20.8. The zero-order valence-corrected chi connectivity index (χ0v) is 16.8. The number of benzene rings is 1. The largest absolute Gasteiger partial charge is 0.398 e. The number of nitrogens with one attached hydrogen (secondary N) is 1. The number of hydrogen-bond acceptors (Lipinski definition) is 6. The van der Waals surface area contributed by atoms with E-state index in [0.29, 0.717) is 30.8 Å². The number of amides is 3. The smallest absolute Gasteiger partial charge is 0.324 e.